The Morgan fingerprint density at radius 3 is 1.68 bits per heavy atom. The molecule has 406 valence electrons. The maximum absolute atomic E-state index is 14.3. The maximum atomic E-state index is 14.3. The number of thioether (sulfide) groups is 1. The van der Waals surface area contributed by atoms with Crippen molar-refractivity contribution in [1.82, 2.24) is 16.0 Å². The molecule has 0 bridgehead atoms. The summed E-state index contributed by atoms with van der Waals surface area (Å²) in [6.07, 6.45) is 5.61. The summed E-state index contributed by atoms with van der Waals surface area (Å²) in [5.41, 5.74) is 34.3. The molecule has 1 rings (SSSR count). The molecule has 1 aromatic rings. The Bertz CT molecular complexity index is 1930. The fraction of sp³-hybridized carbons (Fsp3) is 0.692. The van der Waals surface area contributed by atoms with E-state index in [-0.39, 0.29) is 92.7 Å². The lowest BCUT2D eigenvalue weighted by Gasteiger charge is -2.26. The van der Waals surface area contributed by atoms with Crippen molar-refractivity contribution in [2.75, 3.05) is 31.6 Å². The monoisotopic (exact) mass is 1030 g/mol. The smallest absolute Gasteiger partial charge is 0.224 e. The van der Waals surface area contributed by atoms with Crippen LogP contribution in [0.3, 0.4) is 0 Å². The molecule has 4 amide bonds. The summed E-state index contributed by atoms with van der Waals surface area (Å²) >= 11 is 1.49. The predicted octanol–water partition coefficient (Wildman–Crippen LogP) is 3.21. The lowest BCUT2D eigenvalue weighted by molar-refractivity contribution is -0.136. The number of unbranched alkanes of at least 4 members (excludes halogenated alkanes) is 1. The first kappa shape index (κ1) is 64.6. The van der Waals surface area contributed by atoms with Crippen LogP contribution in [0.1, 0.15) is 137 Å². The average molecular weight is 1030 g/mol. The summed E-state index contributed by atoms with van der Waals surface area (Å²) in [5.74, 6) is -6.64. The first-order valence-corrected chi connectivity index (χ1v) is 27.1. The fourth-order valence-electron chi connectivity index (χ4n) is 8.44. The SMILES string of the molecule is CC[C@H](C)[C@H](CC(=O)[C@H](Cc1ccccc1)NC(=O)[C@H](CCSC)CC(=O)[C@H](C)NC(=O)[C@H](CCCCN)CC(=O)[C@H](CCCN=C(N)N)NC(=O)[C@@H](CC(=O)[C@@H](C)CCCN=C(N)N)CC(C)C)C(N)=O. The number of benzene rings is 1. The van der Waals surface area contributed by atoms with Crippen LogP contribution in [-0.2, 0) is 44.8 Å². The molecule has 0 heterocycles. The number of Topliss-reactive ketones (excluding diaryl/α,β-unsaturated/α-hetero) is 4. The highest BCUT2D eigenvalue weighted by molar-refractivity contribution is 7.98. The number of ketones is 4. The standard InChI is InChI=1S/C52H89N11O8S/c1-8-33(4)40(47(54)68)31-46(67)42(27-36-17-10-9-11-18-36)63-49(70)38(21-25-72-7)28-44(65)35(6)61-48(69)37(19-12-13-22-53)29-45(66)41(20-15-24-60-52(57)58)62-50(71)39(26-32(2)3)30-43(64)34(5)16-14-23-59-51(55)56/h9-11,17-18,32-35,37-42H,8,12-16,19-31,53H2,1-7H3,(H2,54,68)(H,61,69)(H,62,71)(H,63,70)(H4,55,56,59)(H4,57,58,60)/t33-,34-,35-,37+,38+,39+,40-,41-,42-/m0/s1. The molecular weight excluding hydrogens is 939 g/mol. The van der Waals surface area contributed by atoms with E-state index in [1.165, 1.54) is 18.7 Å². The zero-order valence-electron chi connectivity index (χ0n) is 44.1. The Morgan fingerprint density at radius 1 is 0.597 bits per heavy atom. The van der Waals surface area contributed by atoms with Crippen LogP contribution in [0.5, 0.6) is 0 Å². The van der Waals surface area contributed by atoms with E-state index in [0.29, 0.717) is 70.2 Å². The second kappa shape index (κ2) is 35.7. The van der Waals surface area contributed by atoms with Gasteiger partial charge in [0.2, 0.25) is 23.6 Å². The highest BCUT2D eigenvalue weighted by Gasteiger charge is 2.35. The van der Waals surface area contributed by atoms with Crippen LogP contribution in [0.2, 0.25) is 0 Å². The highest BCUT2D eigenvalue weighted by Crippen LogP contribution is 2.24. The van der Waals surface area contributed by atoms with Crippen LogP contribution < -0.4 is 50.4 Å². The van der Waals surface area contributed by atoms with Crippen molar-refractivity contribution >= 4 is 70.4 Å². The van der Waals surface area contributed by atoms with Crippen molar-refractivity contribution < 1.29 is 38.4 Å². The molecule has 72 heavy (non-hydrogen) atoms. The largest absolute Gasteiger partial charge is 0.370 e. The lowest BCUT2D eigenvalue weighted by Crippen LogP contribution is -2.48. The molecular formula is C52H89N11O8S. The zero-order valence-corrected chi connectivity index (χ0v) is 44.9. The summed E-state index contributed by atoms with van der Waals surface area (Å²) in [5, 5.41) is 8.61. The third kappa shape index (κ3) is 26.4. The molecule has 1 aromatic carbocycles. The summed E-state index contributed by atoms with van der Waals surface area (Å²) in [4.78, 5) is 118. The molecule has 20 heteroatoms. The van der Waals surface area contributed by atoms with E-state index in [9.17, 15) is 38.4 Å². The number of nitrogens with two attached hydrogens (primary N) is 6. The molecule has 9 atom stereocenters. The zero-order chi connectivity index (χ0) is 54.3. The van der Waals surface area contributed by atoms with E-state index in [1.807, 2.05) is 64.3 Å². The van der Waals surface area contributed by atoms with E-state index < -0.39 is 77.0 Å². The highest BCUT2D eigenvalue weighted by atomic mass is 32.2. The van der Waals surface area contributed by atoms with Gasteiger partial charge in [-0.15, -0.1) is 0 Å². The summed E-state index contributed by atoms with van der Waals surface area (Å²) in [6.45, 7) is 11.9. The topological polar surface area (TPSA) is 353 Å². The molecule has 0 aliphatic heterocycles. The summed E-state index contributed by atoms with van der Waals surface area (Å²) < 4.78 is 0. The van der Waals surface area contributed by atoms with Gasteiger partial charge < -0.3 is 50.4 Å². The van der Waals surface area contributed by atoms with Crippen LogP contribution in [0, 0.1) is 41.4 Å². The quantitative estimate of drug-likeness (QED) is 0.0259. The minimum atomic E-state index is -1.05. The van der Waals surface area contributed by atoms with Crippen LogP contribution in [-0.4, -0.2) is 108 Å². The van der Waals surface area contributed by atoms with Crippen molar-refractivity contribution in [3.8, 4) is 0 Å². The number of rotatable bonds is 40. The maximum Gasteiger partial charge on any atom is 0.224 e. The second-order valence-corrected chi connectivity index (χ2v) is 20.7. The van der Waals surface area contributed by atoms with Gasteiger partial charge in [0.1, 0.15) is 5.78 Å². The van der Waals surface area contributed by atoms with Gasteiger partial charge in [-0.25, -0.2) is 0 Å². The molecule has 0 fully saturated rings. The van der Waals surface area contributed by atoms with Crippen molar-refractivity contribution in [1.29, 1.82) is 0 Å². The Kier molecular flexibility index (Phi) is 32.1. The molecule has 0 saturated carbocycles. The average Bonchev–Trinajstić information content (AvgIpc) is 3.32. The number of nitrogens with zero attached hydrogens (tertiary/aromatic N) is 2. The first-order valence-electron chi connectivity index (χ1n) is 25.7. The van der Waals surface area contributed by atoms with Gasteiger partial charge in [-0.3, -0.25) is 48.3 Å². The number of hydrogen-bond acceptors (Lipinski definition) is 12. The van der Waals surface area contributed by atoms with Gasteiger partial charge in [0.15, 0.2) is 29.3 Å². The van der Waals surface area contributed by atoms with Gasteiger partial charge in [-0.05, 0) is 101 Å². The van der Waals surface area contributed by atoms with Gasteiger partial charge in [0, 0.05) is 68.4 Å². The summed E-state index contributed by atoms with van der Waals surface area (Å²) in [6, 6.07) is 6.08. The minimum Gasteiger partial charge on any atom is -0.370 e. The molecule has 0 aliphatic rings. The number of carbonyl (C=O) groups excluding carboxylic acids is 8. The molecule has 0 unspecified atom stereocenters. The molecule has 19 nitrogen and oxygen atoms in total. The molecule has 0 spiro atoms. The van der Waals surface area contributed by atoms with Crippen LogP contribution in [0.15, 0.2) is 40.3 Å². The number of amides is 4. The van der Waals surface area contributed by atoms with E-state index in [1.54, 1.807) is 6.92 Å². The Labute approximate surface area is 432 Å². The number of guanidine groups is 2. The summed E-state index contributed by atoms with van der Waals surface area (Å²) in [7, 11) is 0. The van der Waals surface area contributed by atoms with Crippen molar-refractivity contribution in [3.63, 3.8) is 0 Å². The third-order valence-corrected chi connectivity index (χ3v) is 13.8. The number of primary amides is 1. The molecule has 0 radical (unpaired) electrons. The Morgan fingerprint density at radius 2 is 1.12 bits per heavy atom. The van der Waals surface area contributed by atoms with Crippen LogP contribution >= 0.6 is 11.8 Å². The van der Waals surface area contributed by atoms with Gasteiger partial charge >= 0.3 is 0 Å². The number of carbonyl (C=O) groups is 8. The van der Waals surface area contributed by atoms with Gasteiger partial charge in [0.25, 0.3) is 0 Å². The van der Waals surface area contributed by atoms with Crippen molar-refractivity contribution in [2.45, 2.75) is 156 Å². The van der Waals surface area contributed by atoms with Crippen LogP contribution in [0.25, 0.3) is 0 Å². The fourth-order valence-corrected chi connectivity index (χ4v) is 8.96. The van der Waals surface area contributed by atoms with E-state index in [2.05, 4.69) is 25.9 Å². The third-order valence-electron chi connectivity index (χ3n) is 13.1. The molecule has 15 N–H and O–H groups in total. The van der Waals surface area contributed by atoms with Crippen molar-refractivity contribution in [3.05, 3.63) is 35.9 Å². The van der Waals surface area contributed by atoms with E-state index >= 15 is 0 Å². The molecule has 0 saturated heterocycles. The predicted molar refractivity (Wildman–Crippen MR) is 287 cm³/mol. The van der Waals surface area contributed by atoms with Crippen molar-refractivity contribution in [2.24, 2.45) is 85.8 Å². The Balaban J connectivity index is 3.37. The van der Waals surface area contributed by atoms with E-state index in [4.69, 9.17) is 34.4 Å². The van der Waals surface area contributed by atoms with Gasteiger partial charge in [-0.2, -0.15) is 11.8 Å². The normalized spacial score (nSPS) is 15.0. The van der Waals surface area contributed by atoms with Crippen LogP contribution in [0.4, 0.5) is 0 Å². The first-order chi connectivity index (χ1) is 34.0. The molecule has 0 aliphatic carbocycles. The number of hydrogen-bond donors (Lipinski definition) is 9. The second-order valence-electron chi connectivity index (χ2n) is 19.7. The number of aliphatic imine (C=N–C) groups is 2. The van der Waals surface area contributed by atoms with E-state index in [0.717, 1.165) is 5.56 Å². The molecule has 0 aromatic heterocycles. The van der Waals surface area contributed by atoms with Gasteiger partial charge in [-0.1, -0.05) is 77.8 Å². The Hall–Kier alpha value is -5.37. The lowest BCUT2D eigenvalue weighted by atomic mass is 9.84. The number of nitrogens with one attached hydrogen (secondary N) is 3. The minimum absolute atomic E-state index is 0.0274. The van der Waals surface area contributed by atoms with Gasteiger partial charge in [0.05, 0.1) is 18.1 Å².